The molecule has 0 unspecified atom stereocenters. The first-order valence-electron chi connectivity index (χ1n) is 9.97. The molecule has 2 amide bonds. The molecule has 2 aromatic carbocycles. The maximum absolute atomic E-state index is 12.5. The van der Waals surface area contributed by atoms with Crippen LogP contribution >= 0.6 is 0 Å². The summed E-state index contributed by atoms with van der Waals surface area (Å²) in [4.78, 5) is 51.1. The van der Waals surface area contributed by atoms with Gasteiger partial charge >= 0.3 is 0 Å². The van der Waals surface area contributed by atoms with Gasteiger partial charge in [0.2, 0.25) is 5.91 Å². The van der Waals surface area contributed by atoms with Gasteiger partial charge in [0.15, 0.2) is 0 Å². The van der Waals surface area contributed by atoms with Gasteiger partial charge in [0.25, 0.3) is 17.0 Å². The topological polar surface area (TPSA) is 114 Å². The number of carbonyl (C=O) groups excluding carboxylic acids is 2. The van der Waals surface area contributed by atoms with E-state index in [0.29, 0.717) is 31.9 Å². The van der Waals surface area contributed by atoms with Crippen LogP contribution in [0.4, 0.5) is 0 Å². The van der Waals surface area contributed by atoms with Crippen LogP contribution in [-0.4, -0.2) is 52.8 Å². The Morgan fingerprint density at radius 2 is 1.65 bits per heavy atom. The van der Waals surface area contributed by atoms with E-state index in [0.717, 1.165) is 10.2 Å². The number of hydrogen-bond donors (Lipinski definition) is 2. The fourth-order valence-corrected chi connectivity index (χ4v) is 3.47. The Bertz CT molecular complexity index is 1220. The lowest BCUT2D eigenvalue weighted by Crippen LogP contribution is -2.40. The lowest BCUT2D eigenvalue weighted by Gasteiger charge is -2.26. The number of aromatic nitrogens is 2. The molecule has 9 heteroatoms. The lowest BCUT2D eigenvalue weighted by atomic mass is 10.1. The molecule has 0 spiro atoms. The molecular weight excluding hydrogens is 400 g/mol. The Hall–Kier alpha value is -3.72. The minimum atomic E-state index is -0.434. The molecular formula is C22H22N4O5. The Balaban J connectivity index is 1.37. The number of aromatic amines is 1. The molecule has 1 aliphatic rings. The van der Waals surface area contributed by atoms with E-state index in [1.807, 2.05) is 0 Å². The zero-order chi connectivity index (χ0) is 21.8. The van der Waals surface area contributed by atoms with Crippen LogP contribution in [0.2, 0.25) is 0 Å². The zero-order valence-electron chi connectivity index (χ0n) is 16.8. The summed E-state index contributed by atoms with van der Waals surface area (Å²) in [5, 5.41) is 5.71. The van der Waals surface area contributed by atoms with E-state index in [1.54, 1.807) is 53.4 Å². The van der Waals surface area contributed by atoms with Gasteiger partial charge < -0.3 is 15.0 Å². The van der Waals surface area contributed by atoms with Gasteiger partial charge in [-0.15, -0.1) is 0 Å². The average molecular weight is 422 g/mol. The molecule has 4 rings (SSSR count). The molecule has 1 fully saturated rings. The number of H-pyrrole nitrogens is 1. The van der Waals surface area contributed by atoms with E-state index in [-0.39, 0.29) is 29.8 Å². The van der Waals surface area contributed by atoms with Gasteiger partial charge in [-0.05, 0) is 29.8 Å². The van der Waals surface area contributed by atoms with Crippen molar-refractivity contribution in [2.24, 2.45) is 0 Å². The van der Waals surface area contributed by atoms with Crippen molar-refractivity contribution in [1.29, 1.82) is 0 Å². The molecule has 160 valence electrons. The summed E-state index contributed by atoms with van der Waals surface area (Å²) in [5.74, 6) is -0.458. The normalized spacial score (nSPS) is 13.9. The number of hydrogen-bond acceptors (Lipinski definition) is 5. The van der Waals surface area contributed by atoms with Gasteiger partial charge in [0.05, 0.1) is 24.0 Å². The van der Waals surface area contributed by atoms with E-state index >= 15 is 0 Å². The molecule has 0 bridgehead atoms. The van der Waals surface area contributed by atoms with Crippen molar-refractivity contribution in [1.82, 2.24) is 20.0 Å². The maximum Gasteiger partial charge on any atom is 0.273 e. The average Bonchev–Trinajstić information content (AvgIpc) is 2.81. The first-order valence-corrected chi connectivity index (χ1v) is 9.97. The summed E-state index contributed by atoms with van der Waals surface area (Å²) >= 11 is 0. The van der Waals surface area contributed by atoms with Crippen molar-refractivity contribution in [2.45, 2.75) is 13.1 Å². The predicted octanol–water partition coefficient (Wildman–Crippen LogP) is 0.479. The molecule has 9 nitrogen and oxygen atoms in total. The van der Waals surface area contributed by atoms with E-state index in [9.17, 15) is 19.2 Å². The van der Waals surface area contributed by atoms with E-state index < -0.39 is 17.0 Å². The third kappa shape index (κ3) is 4.56. The number of nitrogens with zero attached hydrogens (tertiary/aromatic N) is 2. The van der Waals surface area contributed by atoms with Crippen LogP contribution in [0, 0.1) is 0 Å². The monoisotopic (exact) mass is 422 g/mol. The molecule has 0 atom stereocenters. The molecule has 1 saturated heterocycles. The van der Waals surface area contributed by atoms with Crippen molar-refractivity contribution in [3.8, 4) is 0 Å². The maximum atomic E-state index is 12.5. The minimum absolute atomic E-state index is 0.0430. The van der Waals surface area contributed by atoms with Crippen molar-refractivity contribution in [3.05, 3.63) is 80.4 Å². The quantitative estimate of drug-likeness (QED) is 0.621. The Morgan fingerprint density at radius 3 is 2.35 bits per heavy atom. The largest absolute Gasteiger partial charge is 0.378 e. The number of nitrogens with one attached hydrogen (secondary N) is 2. The smallest absolute Gasteiger partial charge is 0.273 e. The highest BCUT2D eigenvalue weighted by molar-refractivity contribution is 5.94. The first-order chi connectivity index (χ1) is 15.0. The summed E-state index contributed by atoms with van der Waals surface area (Å²) in [6.45, 7) is 2.17. The summed E-state index contributed by atoms with van der Waals surface area (Å²) in [6.07, 6.45) is 0. The molecule has 31 heavy (non-hydrogen) atoms. The van der Waals surface area contributed by atoms with E-state index in [4.69, 9.17) is 4.74 Å². The highest BCUT2D eigenvalue weighted by atomic mass is 16.5. The molecule has 2 heterocycles. The van der Waals surface area contributed by atoms with Crippen LogP contribution in [0.3, 0.4) is 0 Å². The Labute approximate surface area is 177 Å². The fraction of sp³-hybridized carbons (Fsp3) is 0.273. The Kier molecular flexibility index (Phi) is 5.94. The fourth-order valence-electron chi connectivity index (χ4n) is 3.47. The molecule has 3 aromatic rings. The SMILES string of the molecule is O=C(Cn1[nH]c(=O)c2ccccc2c1=O)NCc1ccc(C(=O)N2CCOCC2)cc1. The predicted molar refractivity (Wildman–Crippen MR) is 114 cm³/mol. The number of amides is 2. The van der Waals surface area contributed by atoms with Crippen LogP contribution in [0.5, 0.6) is 0 Å². The summed E-state index contributed by atoms with van der Waals surface area (Å²) in [7, 11) is 0. The number of benzene rings is 2. The van der Waals surface area contributed by atoms with Crippen LogP contribution in [0.15, 0.2) is 58.1 Å². The Morgan fingerprint density at radius 1 is 0.968 bits per heavy atom. The van der Waals surface area contributed by atoms with Crippen molar-refractivity contribution in [2.75, 3.05) is 26.3 Å². The number of fused-ring (bicyclic) bond motifs is 1. The number of rotatable bonds is 5. The molecule has 1 aliphatic heterocycles. The zero-order valence-corrected chi connectivity index (χ0v) is 16.8. The van der Waals surface area contributed by atoms with Crippen LogP contribution in [0.25, 0.3) is 10.8 Å². The second-order valence-electron chi connectivity index (χ2n) is 7.26. The summed E-state index contributed by atoms with van der Waals surface area (Å²) in [6, 6.07) is 13.5. The minimum Gasteiger partial charge on any atom is -0.378 e. The first kappa shape index (κ1) is 20.5. The van der Waals surface area contributed by atoms with Gasteiger partial charge in [-0.2, -0.15) is 0 Å². The second-order valence-corrected chi connectivity index (χ2v) is 7.26. The van der Waals surface area contributed by atoms with Gasteiger partial charge in [0, 0.05) is 25.2 Å². The molecule has 2 N–H and O–H groups in total. The van der Waals surface area contributed by atoms with Crippen LogP contribution in [0.1, 0.15) is 15.9 Å². The lowest BCUT2D eigenvalue weighted by molar-refractivity contribution is -0.122. The van der Waals surface area contributed by atoms with Crippen LogP contribution < -0.4 is 16.4 Å². The number of morpholine rings is 1. The highest BCUT2D eigenvalue weighted by Gasteiger charge is 2.18. The third-order valence-electron chi connectivity index (χ3n) is 5.17. The van der Waals surface area contributed by atoms with Crippen LogP contribution in [-0.2, 0) is 22.6 Å². The van der Waals surface area contributed by atoms with E-state index in [2.05, 4.69) is 10.4 Å². The number of carbonyl (C=O) groups is 2. The van der Waals surface area contributed by atoms with Crippen molar-refractivity contribution < 1.29 is 14.3 Å². The standard InChI is InChI=1S/C22H22N4O5/c27-19(14-26-22(30)18-4-2-1-3-17(18)20(28)24-26)23-13-15-5-7-16(8-6-15)21(29)25-9-11-31-12-10-25/h1-8H,9-14H2,(H,23,27)(H,24,28). The van der Waals surface area contributed by atoms with Crippen molar-refractivity contribution >= 4 is 22.6 Å². The highest BCUT2D eigenvalue weighted by Crippen LogP contribution is 2.09. The molecule has 0 aliphatic carbocycles. The molecule has 0 saturated carbocycles. The van der Waals surface area contributed by atoms with E-state index in [1.165, 1.54) is 0 Å². The van der Waals surface area contributed by atoms with Gasteiger partial charge in [-0.25, -0.2) is 4.68 Å². The van der Waals surface area contributed by atoms with Gasteiger partial charge in [-0.3, -0.25) is 24.3 Å². The van der Waals surface area contributed by atoms with Gasteiger partial charge in [0.1, 0.15) is 6.54 Å². The summed E-state index contributed by atoms with van der Waals surface area (Å²) in [5.41, 5.74) is 0.531. The number of ether oxygens (including phenoxy) is 1. The molecule has 1 aromatic heterocycles. The molecule has 0 radical (unpaired) electrons. The van der Waals surface area contributed by atoms with Crippen molar-refractivity contribution in [3.63, 3.8) is 0 Å². The van der Waals surface area contributed by atoms with Gasteiger partial charge in [-0.1, -0.05) is 24.3 Å². The second kappa shape index (κ2) is 8.97. The summed E-state index contributed by atoms with van der Waals surface area (Å²) < 4.78 is 6.27. The third-order valence-corrected chi connectivity index (χ3v) is 5.17.